The minimum absolute atomic E-state index is 0.0810. The van der Waals surface area contributed by atoms with Crippen LogP contribution in [0.25, 0.3) is 11.0 Å². The molecule has 1 aliphatic rings. The molecule has 26 heavy (non-hydrogen) atoms. The summed E-state index contributed by atoms with van der Waals surface area (Å²) < 4.78 is 7.48. The fraction of sp³-hybridized carbons (Fsp3) is 0.450. The molecule has 0 aliphatic carbocycles. The van der Waals surface area contributed by atoms with Gasteiger partial charge in [0.1, 0.15) is 5.82 Å². The van der Waals surface area contributed by atoms with Crippen molar-refractivity contribution in [2.45, 2.75) is 45.6 Å². The molecule has 1 atom stereocenters. The number of para-hydroxylation sites is 2. The number of amides is 1. The lowest BCUT2D eigenvalue weighted by molar-refractivity contribution is 0.0661. The van der Waals surface area contributed by atoms with Crippen molar-refractivity contribution in [2.75, 3.05) is 13.1 Å². The molecule has 0 N–H and O–H groups in total. The third-order valence-corrected chi connectivity index (χ3v) is 5.05. The van der Waals surface area contributed by atoms with E-state index in [2.05, 4.69) is 41.8 Å². The van der Waals surface area contributed by atoms with E-state index in [9.17, 15) is 4.79 Å². The SMILES string of the molecule is Cc1cc(C(=O)N2CCCC(c3nc4ccccc4n3C(C)C)C2)on1. The number of carbonyl (C=O) groups is 1. The molecule has 6 heteroatoms. The van der Waals surface area contributed by atoms with Crippen molar-refractivity contribution in [3.8, 4) is 0 Å². The standard InChI is InChI=1S/C20H24N4O2/c1-13(2)24-17-9-5-4-8-16(17)21-19(24)15-7-6-10-23(12-15)20(25)18-11-14(3)22-26-18/h4-5,8-9,11,13,15H,6-7,10,12H2,1-3H3. The average molecular weight is 352 g/mol. The fourth-order valence-corrected chi connectivity index (χ4v) is 3.89. The van der Waals surface area contributed by atoms with Crippen molar-refractivity contribution in [2.24, 2.45) is 0 Å². The van der Waals surface area contributed by atoms with E-state index in [1.165, 1.54) is 0 Å². The van der Waals surface area contributed by atoms with Crippen molar-refractivity contribution in [3.05, 3.63) is 47.6 Å². The molecule has 4 rings (SSSR count). The Morgan fingerprint density at radius 3 is 2.85 bits per heavy atom. The average Bonchev–Trinajstić information content (AvgIpc) is 3.24. The number of aromatic nitrogens is 3. The minimum atomic E-state index is -0.0810. The quantitative estimate of drug-likeness (QED) is 0.716. The van der Waals surface area contributed by atoms with Crippen molar-refractivity contribution < 1.29 is 9.32 Å². The first kappa shape index (κ1) is 16.8. The van der Waals surface area contributed by atoms with Crippen LogP contribution >= 0.6 is 0 Å². The van der Waals surface area contributed by atoms with Gasteiger partial charge in [0, 0.05) is 31.1 Å². The number of hydrogen-bond acceptors (Lipinski definition) is 4. The van der Waals surface area contributed by atoms with Crippen LogP contribution in [-0.4, -0.2) is 38.6 Å². The van der Waals surface area contributed by atoms with E-state index in [1.807, 2.05) is 17.9 Å². The van der Waals surface area contributed by atoms with Crippen LogP contribution in [0.4, 0.5) is 0 Å². The van der Waals surface area contributed by atoms with Crippen molar-refractivity contribution in [1.29, 1.82) is 0 Å². The van der Waals surface area contributed by atoms with Crippen molar-refractivity contribution in [3.63, 3.8) is 0 Å². The van der Waals surface area contributed by atoms with Crippen LogP contribution in [0.15, 0.2) is 34.9 Å². The molecule has 1 fully saturated rings. The molecule has 1 aromatic carbocycles. The van der Waals surface area contributed by atoms with Gasteiger partial charge in [-0.3, -0.25) is 4.79 Å². The number of hydrogen-bond donors (Lipinski definition) is 0. The molecule has 1 saturated heterocycles. The summed E-state index contributed by atoms with van der Waals surface area (Å²) in [4.78, 5) is 19.5. The first-order valence-electron chi connectivity index (χ1n) is 9.24. The van der Waals surface area contributed by atoms with Gasteiger partial charge in [0.2, 0.25) is 5.76 Å². The lowest BCUT2D eigenvalue weighted by atomic mass is 9.96. The molecule has 1 aliphatic heterocycles. The van der Waals surface area contributed by atoms with Crippen LogP contribution in [0, 0.1) is 6.92 Å². The van der Waals surface area contributed by atoms with Crippen LogP contribution < -0.4 is 0 Å². The Kier molecular flexibility index (Phi) is 4.26. The number of likely N-dealkylation sites (tertiary alicyclic amines) is 1. The molecule has 0 spiro atoms. The van der Waals surface area contributed by atoms with E-state index in [0.717, 1.165) is 41.9 Å². The Bertz CT molecular complexity index is 940. The van der Waals surface area contributed by atoms with Crippen LogP contribution in [-0.2, 0) is 0 Å². The minimum Gasteiger partial charge on any atom is -0.351 e. The smallest absolute Gasteiger partial charge is 0.292 e. The molecule has 1 unspecified atom stereocenters. The van der Waals surface area contributed by atoms with E-state index >= 15 is 0 Å². The Morgan fingerprint density at radius 1 is 1.31 bits per heavy atom. The zero-order valence-electron chi connectivity index (χ0n) is 15.5. The first-order chi connectivity index (χ1) is 12.5. The maximum Gasteiger partial charge on any atom is 0.292 e. The van der Waals surface area contributed by atoms with E-state index in [-0.39, 0.29) is 11.8 Å². The highest BCUT2D eigenvalue weighted by atomic mass is 16.5. The highest BCUT2D eigenvalue weighted by Crippen LogP contribution is 2.32. The van der Waals surface area contributed by atoms with Gasteiger partial charge >= 0.3 is 0 Å². The summed E-state index contributed by atoms with van der Waals surface area (Å²) in [5.41, 5.74) is 2.90. The van der Waals surface area contributed by atoms with Gasteiger partial charge in [-0.25, -0.2) is 4.98 Å². The van der Waals surface area contributed by atoms with E-state index < -0.39 is 0 Å². The van der Waals surface area contributed by atoms with Crippen molar-refractivity contribution >= 4 is 16.9 Å². The maximum absolute atomic E-state index is 12.7. The number of rotatable bonds is 3. The Hall–Kier alpha value is -2.63. The summed E-state index contributed by atoms with van der Waals surface area (Å²) >= 11 is 0. The zero-order chi connectivity index (χ0) is 18.3. The summed E-state index contributed by atoms with van der Waals surface area (Å²) in [5, 5.41) is 3.84. The molecule has 0 saturated carbocycles. The Balaban J connectivity index is 1.65. The lowest BCUT2D eigenvalue weighted by Crippen LogP contribution is -2.39. The fourth-order valence-electron chi connectivity index (χ4n) is 3.89. The molecule has 0 bridgehead atoms. The molecule has 0 radical (unpaired) electrons. The summed E-state index contributed by atoms with van der Waals surface area (Å²) in [6.45, 7) is 7.59. The van der Waals surface area contributed by atoms with Gasteiger partial charge in [-0.05, 0) is 45.7 Å². The third-order valence-electron chi connectivity index (χ3n) is 5.05. The summed E-state index contributed by atoms with van der Waals surface area (Å²) in [6, 6.07) is 10.3. The molecule has 2 aromatic heterocycles. The summed E-state index contributed by atoms with van der Waals surface area (Å²) in [7, 11) is 0. The topological polar surface area (TPSA) is 64.2 Å². The summed E-state index contributed by atoms with van der Waals surface area (Å²) in [5.74, 6) is 1.54. The highest BCUT2D eigenvalue weighted by molar-refractivity contribution is 5.91. The molecule has 3 heterocycles. The van der Waals surface area contributed by atoms with E-state index in [4.69, 9.17) is 9.51 Å². The molecular weight excluding hydrogens is 328 g/mol. The summed E-state index contributed by atoms with van der Waals surface area (Å²) in [6.07, 6.45) is 2.00. The van der Waals surface area contributed by atoms with E-state index in [0.29, 0.717) is 18.3 Å². The Morgan fingerprint density at radius 2 is 2.12 bits per heavy atom. The normalized spacial score (nSPS) is 18.0. The van der Waals surface area contributed by atoms with Crippen molar-refractivity contribution in [1.82, 2.24) is 19.6 Å². The number of carbonyl (C=O) groups excluding carboxylic acids is 1. The van der Waals surface area contributed by atoms with E-state index in [1.54, 1.807) is 6.07 Å². The van der Waals surface area contributed by atoms with Gasteiger partial charge in [-0.1, -0.05) is 17.3 Å². The number of benzene rings is 1. The monoisotopic (exact) mass is 352 g/mol. The van der Waals surface area contributed by atoms with Gasteiger partial charge in [-0.15, -0.1) is 0 Å². The number of fused-ring (bicyclic) bond motifs is 1. The maximum atomic E-state index is 12.7. The zero-order valence-corrected chi connectivity index (χ0v) is 15.5. The van der Waals surface area contributed by atoms with Crippen LogP contribution in [0.2, 0.25) is 0 Å². The third kappa shape index (κ3) is 2.89. The lowest BCUT2D eigenvalue weighted by Gasteiger charge is -2.32. The molecule has 136 valence electrons. The van der Waals surface area contributed by atoms with Gasteiger partial charge < -0.3 is 14.0 Å². The molecular formula is C20H24N4O2. The van der Waals surface area contributed by atoms with Gasteiger partial charge in [0.25, 0.3) is 5.91 Å². The van der Waals surface area contributed by atoms with Crippen LogP contribution in [0.3, 0.4) is 0 Å². The molecule has 3 aromatic rings. The number of piperidine rings is 1. The van der Waals surface area contributed by atoms with Crippen LogP contribution in [0.5, 0.6) is 0 Å². The largest absolute Gasteiger partial charge is 0.351 e. The molecule has 6 nitrogen and oxygen atoms in total. The number of nitrogens with zero attached hydrogens (tertiary/aromatic N) is 4. The predicted octanol–water partition coefficient (Wildman–Crippen LogP) is 3.93. The number of imidazole rings is 1. The van der Waals surface area contributed by atoms with Crippen LogP contribution in [0.1, 0.15) is 60.7 Å². The predicted molar refractivity (Wildman–Crippen MR) is 99.2 cm³/mol. The van der Waals surface area contributed by atoms with Gasteiger partial charge in [0.05, 0.1) is 16.7 Å². The molecule has 1 amide bonds. The second-order valence-electron chi connectivity index (χ2n) is 7.35. The Labute approximate surface area is 152 Å². The highest BCUT2D eigenvalue weighted by Gasteiger charge is 2.30. The second-order valence-corrected chi connectivity index (χ2v) is 7.35. The second kappa shape index (κ2) is 6.59. The van der Waals surface area contributed by atoms with Gasteiger partial charge in [-0.2, -0.15) is 0 Å². The number of aryl methyl sites for hydroxylation is 1. The van der Waals surface area contributed by atoms with Gasteiger partial charge in [0.15, 0.2) is 0 Å². The first-order valence-corrected chi connectivity index (χ1v) is 9.24.